The Morgan fingerprint density at radius 1 is 1.24 bits per heavy atom. The average molecular weight is 349 g/mol. The molecule has 0 aliphatic carbocycles. The molecule has 110 valence electrons. The summed E-state index contributed by atoms with van der Waals surface area (Å²) < 4.78 is 5.87. The minimum Gasteiger partial charge on any atom is -0.466 e. The van der Waals surface area contributed by atoms with Crippen LogP contribution in [0.1, 0.15) is 12.5 Å². The average Bonchev–Trinajstić information content (AvgIpc) is 2.43. The van der Waals surface area contributed by atoms with Gasteiger partial charge in [-0.1, -0.05) is 28.1 Å². The van der Waals surface area contributed by atoms with Crippen molar-refractivity contribution in [3.8, 4) is 0 Å². The van der Waals surface area contributed by atoms with E-state index in [1.165, 1.54) is 6.92 Å². The van der Waals surface area contributed by atoms with Crippen molar-refractivity contribution in [2.75, 3.05) is 17.7 Å². The van der Waals surface area contributed by atoms with E-state index < -0.39 is 0 Å². The zero-order valence-electron chi connectivity index (χ0n) is 11.7. The number of hydrogen-bond acceptors (Lipinski definition) is 4. The number of esters is 1. The third-order valence-electron chi connectivity index (χ3n) is 2.94. The third-order valence-corrected chi connectivity index (χ3v) is 3.44. The highest BCUT2D eigenvalue weighted by molar-refractivity contribution is 9.10. The second-order valence-corrected chi connectivity index (χ2v) is 5.56. The van der Waals surface area contributed by atoms with Gasteiger partial charge in [0.2, 0.25) is 0 Å². The number of halogens is 1. The highest BCUT2D eigenvalue weighted by atomic mass is 79.9. The normalized spacial score (nSPS) is 10.2. The van der Waals surface area contributed by atoms with E-state index in [0.717, 1.165) is 21.4 Å². The predicted octanol–water partition coefficient (Wildman–Crippen LogP) is 3.88. The van der Waals surface area contributed by atoms with Crippen LogP contribution in [0.3, 0.4) is 0 Å². The topological polar surface area (TPSA) is 64.3 Å². The van der Waals surface area contributed by atoms with Crippen LogP contribution in [0.5, 0.6) is 0 Å². The van der Waals surface area contributed by atoms with Crippen molar-refractivity contribution < 1.29 is 9.53 Å². The summed E-state index contributed by atoms with van der Waals surface area (Å²) >= 11 is 3.38. The predicted molar refractivity (Wildman–Crippen MR) is 88.6 cm³/mol. The first-order valence-corrected chi connectivity index (χ1v) is 7.38. The molecule has 0 heterocycles. The maximum Gasteiger partial charge on any atom is 0.302 e. The Morgan fingerprint density at radius 2 is 1.95 bits per heavy atom. The van der Waals surface area contributed by atoms with E-state index in [1.54, 1.807) is 0 Å². The molecule has 0 aliphatic heterocycles. The Kier molecular flexibility index (Phi) is 5.22. The van der Waals surface area contributed by atoms with Crippen molar-refractivity contribution in [1.29, 1.82) is 0 Å². The number of hydrogen-bond donors (Lipinski definition) is 2. The largest absolute Gasteiger partial charge is 0.466 e. The minimum absolute atomic E-state index is 0.251. The Hall–Kier alpha value is -2.01. The fraction of sp³-hybridized carbons (Fsp3) is 0.188. The van der Waals surface area contributed by atoms with Crippen LogP contribution in [0.15, 0.2) is 46.9 Å². The zero-order chi connectivity index (χ0) is 15.2. The van der Waals surface area contributed by atoms with Crippen molar-refractivity contribution in [1.82, 2.24) is 0 Å². The molecule has 0 atom stereocenters. The second-order valence-electron chi connectivity index (χ2n) is 4.64. The quantitative estimate of drug-likeness (QED) is 0.635. The molecule has 2 rings (SSSR count). The molecule has 2 aromatic rings. The van der Waals surface area contributed by atoms with Crippen LogP contribution in [0.4, 0.5) is 17.1 Å². The molecule has 3 N–H and O–H groups in total. The van der Waals surface area contributed by atoms with E-state index in [2.05, 4.69) is 21.2 Å². The fourth-order valence-corrected chi connectivity index (χ4v) is 2.25. The summed E-state index contributed by atoms with van der Waals surface area (Å²) in [6.07, 6.45) is 0.709. The number of anilines is 3. The lowest BCUT2D eigenvalue weighted by Gasteiger charge is -2.10. The Labute approximate surface area is 132 Å². The number of carbonyl (C=O) groups is 1. The summed E-state index contributed by atoms with van der Waals surface area (Å²) in [6.45, 7) is 1.82. The first kappa shape index (κ1) is 15.4. The molecule has 0 saturated heterocycles. The molecule has 21 heavy (non-hydrogen) atoms. The lowest BCUT2D eigenvalue weighted by molar-refractivity contribution is -0.140. The number of ether oxygens (including phenoxy) is 1. The van der Waals surface area contributed by atoms with Gasteiger partial charge in [-0.3, -0.25) is 4.79 Å². The van der Waals surface area contributed by atoms with E-state index in [0.29, 0.717) is 18.7 Å². The van der Waals surface area contributed by atoms with Crippen LogP contribution in [0, 0.1) is 0 Å². The van der Waals surface area contributed by atoms with Crippen molar-refractivity contribution in [3.05, 3.63) is 52.5 Å². The number of benzene rings is 2. The molecule has 2 aromatic carbocycles. The maximum atomic E-state index is 10.7. The third kappa shape index (κ3) is 4.79. The SMILES string of the molecule is CC(=O)OCCc1ccc(Nc2ccc(Br)cc2N)cc1. The Morgan fingerprint density at radius 3 is 2.57 bits per heavy atom. The van der Waals surface area contributed by atoms with Crippen LogP contribution < -0.4 is 11.1 Å². The number of carbonyl (C=O) groups excluding carboxylic acids is 1. The summed E-state index contributed by atoms with van der Waals surface area (Å²) in [7, 11) is 0. The van der Waals surface area contributed by atoms with Crippen molar-refractivity contribution in [3.63, 3.8) is 0 Å². The molecule has 0 amide bonds. The lowest BCUT2D eigenvalue weighted by atomic mass is 10.1. The molecular weight excluding hydrogens is 332 g/mol. The molecule has 0 radical (unpaired) electrons. The Bertz CT molecular complexity index is 627. The van der Waals surface area contributed by atoms with Crippen LogP contribution in [0.2, 0.25) is 0 Å². The molecule has 0 spiro atoms. The van der Waals surface area contributed by atoms with Crippen LogP contribution in [0.25, 0.3) is 0 Å². The first-order chi connectivity index (χ1) is 10.0. The maximum absolute atomic E-state index is 10.7. The van der Waals surface area contributed by atoms with Crippen molar-refractivity contribution in [2.24, 2.45) is 0 Å². The van der Waals surface area contributed by atoms with Crippen molar-refractivity contribution in [2.45, 2.75) is 13.3 Å². The molecule has 5 heteroatoms. The lowest BCUT2D eigenvalue weighted by Crippen LogP contribution is -2.03. The van der Waals surface area contributed by atoms with Gasteiger partial charge in [0.05, 0.1) is 18.0 Å². The highest BCUT2D eigenvalue weighted by Gasteiger charge is 2.01. The van der Waals surface area contributed by atoms with E-state index in [-0.39, 0.29) is 5.97 Å². The molecule has 0 saturated carbocycles. The van der Waals surface area contributed by atoms with Gasteiger partial charge in [-0.25, -0.2) is 0 Å². The molecule has 0 aromatic heterocycles. The second kappa shape index (κ2) is 7.13. The van der Waals surface area contributed by atoms with Crippen LogP contribution in [-0.2, 0) is 16.0 Å². The fourth-order valence-electron chi connectivity index (χ4n) is 1.87. The van der Waals surface area contributed by atoms with Gasteiger partial charge in [-0.05, 0) is 35.9 Å². The summed E-state index contributed by atoms with van der Waals surface area (Å²) in [5.41, 5.74) is 9.58. The summed E-state index contributed by atoms with van der Waals surface area (Å²) in [5, 5.41) is 3.27. The molecule has 0 aliphatic rings. The Balaban J connectivity index is 1.97. The van der Waals surface area contributed by atoms with E-state index >= 15 is 0 Å². The summed E-state index contributed by atoms with van der Waals surface area (Å²) in [4.78, 5) is 10.7. The highest BCUT2D eigenvalue weighted by Crippen LogP contribution is 2.26. The number of nitrogens with two attached hydrogens (primary N) is 1. The monoisotopic (exact) mass is 348 g/mol. The molecule has 0 fully saturated rings. The minimum atomic E-state index is -0.251. The van der Waals surface area contributed by atoms with Gasteiger partial charge >= 0.3 is 5.97 Å². The van der Waals surface area contributed by atoms with E-state index in [9.17, 15) is 4.79 Å². The van der Waals surface area contributed by atoms with Gasteiger partial charge in [0.1, 0.15) is 0 Å². The van der Waals surface area contributed by atoms with Crippen LogP contribution in [-0.4, -0.2) is 12.6 Å². The number of rotatable bonds is 5. The standard InChI is InChI=1S/C16H17BrN2O2/c1-11(20)21-9-8-12-2-5-14(6-3-12)19-16-7-4-13(17)10-15(16)18/h2-7,10,19H,8-9,18H2,1H3. The first-order valence-electron chi connectivity index (χ1n) is 6.59. The van der Waals surface area contributed by atoms with E-state index in [4.69, 9.17) is 10.5 Å². The summed E-state index contributed by atoms with van der Waals surface area (Å²) in [6, 6.07) is 13.7. The van der Waals surface area contributed by atoms with Crippen molar-refractivity contribution >= 4 is 39.0 Å². The molecular formula is C16H17BrN2O2. The van der Waals surface area contributed by atoms with Gasteiger partial charge in [0, 0.05) is 23.5 Å². The van der Waals surface area contributed by atoms with Crippen LogP contribution >= 0.6 is 15.9 Å². The number of nitrogen functional groups attached to an aromatic ring is 1. The smallest absolute Gasteiger partial charge is 0.302 e. The van der Waals surface area contributed by atoms with Gasteiger partial charge in [-0.2, -0.15) is 0 Å². The molecule has 4 nitrogen and oxygen atoms in total. The van der Waals surface area contributed by atoms with Gasteiger partial charge in [0.25, 0.3) is 0 Å². The van der Waals surface area contributed by atoms with Gasteiger partial charge < -0.3 is 15.8 Å². The summed E-state index contributed by atoms with van der Waals surface area (Å²) in [5.74, 6) is -0.251. The van der Waals surface area contributed by atoms with E-state index in [1.807, 2.05) is 42.5 Å². The number of nitrogens with one attached hydrogen (secondary N) is 1. The van der Waals surface area contributed by atoms with Gasteiger partial charge in [-0.15, -0.1) is 0 Å². The zero-order valence-corrected chi connectivity index (χ0v) is 13.3. The van der Waals surface area contributed by atoms with Gasteiger partial charge in [0.15, 0.2) is 0 Å². The molecule has 0 bridgehead atoms. The molecule has 0 unspecified atom stereocenters.